The zero-order chi connectivity index (χ0) is 10.8. The molecular weight excluding hydrogens is 188 g/mol. The van der Waals surface area contributed by atoms with Crippen LogP contribution in [0.1, 0.15) is 22.4 Å². The molecule has 3 nitrogen and oxygen atoms in total. The Labute approximate surface area is 88.9 Å². The molecule has 2 N–H and O–H groups in total. The van der Waals surface area contributed by atoms with E-state index in [-0.39, 0.29) is 0 Å². The van der Waals surface area contributed by atoms with Gasteiger partial charge in [-0.2, -0.15) is 0 Å². The minimum atomic E-state index is 0.371. The van der Waals surface area contributed by atoms with E-state index >= 15 is 0 Å². The summed E-state index contributed by atoms with van der Waals surface area (Å²) in [4.78, 5) is 0. The Bertz CT molecular complexity index is 474. The van der Waals surface area contributed by atoms with Crippen molar-refractivity contribution < 1.29 is 4.52 Å². The van der Waals surface area contributed by atoms with E-state index in [1.54, 1.807) is 6.07 Å². The summed E-state index contributed by atoms with van der Waals surface area (Å²) < 4.78 is 4.83. The summed E-state index contributed by atoms with van der Waals surface area (Å²) in [7, 11) is 0. The smallest absolute Gasteiger partial charge is 0.222 e. The standard InChI is InChI=1S/C12H14N2O/c1-8-3-4-9(2)10(5-8)6-11-7-12(13)15-14-11/h3-5,7H,6,13H2,1-2H3. The third kappa shape index (κ3) is 2.18. The average molecular weight is 202 g/mol. The summed E-state index contributed by atoms with van der Waals surface area (Å²) in [5, 5.41) is 3.88. The quantitative estimate of drug-likeness (QED) is 0.813. The highest BCUT2D eigenvalue weighted by atomic mass is 16.5. The van der Waals surface area contributed by atoms with Crippen LogP contribution in [-0.2, 0) is 6.42 Å². The van der Waals surface area contributed by atoms with Crippen LogP contribution >= 0.6 is 0 Å². The van der Waals surface area contributed by atoms with Crippen molar-refractivity contribution in [2.75, 3.05) is 5.73 Å². The van der Waals surface area contributed by atoms with Gasteiger partial charge in [0.2, 0.25) is 5.88 Å². The van der Waals surface area contributed by atoms with Crippen molar-refractivity contribution in [3.63, 3.8) is 0 Å². The van der Waals surface area contributed by atoms with Gasteiger partial charge in [0.25, 0.3) is 0 Å². The van der Waals surface area contributed by atoms with Crippen molar-refractivity contribution in [2.45, 2.75) is 20.3 Å². The fraction of sp³-hybridized carbons (Fsp3) is 0.250. The largest absolute Gasteiger partial charge is 0.368 e. The van der Waals surface area contributed by atoms with E-state index in [2.05, 4.69) is 37.2 Å². The molecule has 0 saturated heterocycles. The number of nitrogens with two attached hydrogens (primary N) is 1. The molecule has 0 radical (unpaired) electrons. The molecule has 0 spiro atoms. The zero-order valence-electron chi connectivity index (χ0n) is 8.95. The van der Waals surface area contributed by atoms with Gasteiger partial charge in [0, 0.05) is 12.5 Å². The maximum Gasteiger partial charge on any atom is 0.222 e. The molecule has 0 fully saturated rings. The van der Waals surface area contributed by atoms with Crippen molar-refractivity contribution in [2.24, 2.45) is 0 Å². The second-order valence-corrected chi connectivity index (χ2v) is 3.83. The molecule has 78 valence electrons. The van der Waals surface area contributed by atoms with Crippen LogP contribution in [0.4, 0.5) is 5.88 Å². The molecule has 0 aliphatic rings. The average Bonchev–Trinajstić information content (AvgIpc) is 2.58. The lowest BCUT2D eigenvalue weighted by Gasteiger charge is -2.04. The van der Waals surface area contributed by atoms with Crippen molar-refractivity contribution in [1.29, 1.82) is 0 Å². The van der Waals surface area contributed by atoms with Gasteiger partial charge in [-0.15, -0.1) is 0 Å². The summed E-state index contributed by atoms with van der Waals surface area (Å²) in [6, 6.07) is 8.16. The Morgan fingerprint density at radius 2 is 2.07 bits per heavy atom. The van der Waals surface area contributed by atoms with E-state index in [4.69, 9.17) is 10.3 Å². The van der Waals surface area contributed by atoms with Gasteiger partial charge in [0.1, 0.15) is 0 Å². The van der Waals surface area contributed by atoms with Crippen molar-refractivity contribution in [1.82, 2.24) is 5.16 Å². The van der Waals surface area contributed by atoms with Gasteiger partial charge in [-0.25, -0.2) is 0 Å². The Morgan fingerprint density at radius 1 is 1.27 bits per heavy atom. The van der Waals surface area contributed by atoms with Crippen molar-refractivity contribution in [3.05, 3.63) is 46.6 Å². The Hall–Kier alpha value is -1.77. The van der Waals surface area contributed by atoms with Crippen LogP contribution in [0.25, 0.3) is 0 Å². The molecule has 0 bridgehead atoms. The number of nitrogen functional groups attached to an aromatic ring is 1. The molecule has 2 rings (SSSR count). The number of hydrogen-bond acceptors (Lipinski definition) is 3. The zero-order valence-corrected chi connectivity index (χ0v) is 8.95. The monoisotopic (exact) mass is 202 g/mol. The first-order valence-corrected chi connectivity index (χ1v) is 4.92. The minimum Gasteiger partial charge on any atom is -0.368 e. The molecule has 0 unspecified atom stereocenters. The van der Waals surface area contributed by atoms with E-state index in [1.807, 2.05) is 0 Å². The fourth-order valence-electron chi connectivity index (χ4n) is 1.60. The predicted octanol–water partition coefficient (Wildman–Crippen LogP) is 2.46. The van der Waals surface area contributed by atoms with Gasteiger partial charge in [-0.3, -0.25) is 0 Å². The molecule has 3 heteroatoms. The molecule has 0 atom stereocenters. The molecule has 0 saturated carbocycles. The van der Waals surface area contributed by atoms with Crippen LogP contribution in [0, 0.1) is 13.8 Å². The van der Waals surface area contributed by atoms with Gasteiger partial charge < -0.3 is 10.3 Å². The second-order valence-electron chi connectivity index (χ2n) is 3.83. The summed E-state index contributed by atoms with van der Waals surface area (Å²) >= 11 is 0. The molecule has 2 aromatic rings. The summed E-state index contributed by atoms with van der Waals surface area (Å²) in [5.41, 5.74) is 10.1. The first-order valence-electron chi connectivity index (χ1n) is 4.92. The molecule has 1 aromatic carbocycles. The highest BCUT2D eigenvalue weighted by Crippen LogP contribution is 2.16. The summed E-state index contributed by atoms with van der Waals surface area (Å²) in [6.07, 6.45) is 0.772. The highest BCUT2D eigenvalue weighted by Gasteiger charge is 2.04. The lowest BCUT2D eigenvalue weighted by atomic mass is 10.0. The van der Waals surface area contributed by atoms with Crippen LogP contribution < -0.4 is 5.73 Å². The minimum absolute atomic E-state index is 0.371. The normalized spacial score (nSPS) is 10.5. The Balaban J connectivity index is 2.27. The van der Waals surface area contributed by atoms with E-state index in [1.165, 1.54) is 16.7 Å². The van der Waals surface area contributed by atoms with Gasteiger partial charge in [0.05, 0.1) is 5.69 Å². The van der Waals surface area contributed by atoms with Crippen molar-refractivity contribution >= 4 is 5.88 Å². The van der Waals surface area contributed by atoms with E-state index in [9.17, 15) is 0 Å². The van der Waals surface area contributed by atoms with Crippen LogP contribution in [-0.4, -0.2) is 5.16 Å². The van der Waals surface area contributed by atoms with Crippen LogP contribution in [0.3, 0.4) is 0 Å². The molecule has 0 aliphatic carbocycles. The van der Waals surface area contributed by atoms with Gasteiger partial charge in [-0.05, 0) is 25.0 Å². The lowest BCUT2D eigenvalue weighted by Crippen LogP contribution is -1.92. The van der Waals surface area contributed by atoms with Gasteiger partial charge in [0.15, 0.2) is 0 Å². The highest BCUT2D eigenvalue weighted by molar-refractivity contribution is 5.35. The number of aromatic nitrogens is 1. The molecule has 1 aromatic heterocycles. The first kappa shape index (κ1) is 9.77. The molecular formula is C12H14N2O. The summed E-state index contributed by atoms with van der Waals surface area (Å²) in [6.45, 7) is 4.18. The first-order chi connectivity index (χ1) is 7.15. The maximum atomic E-state index is 5.47. The van der Waals surface area contributed by atoms with Crippen molar-refractivity contribution in [3.8, 4) is 0 Å². The number of aryl methyl sites for hydroxylation is 2. The number of nitrogens with zero attached hydrogens (tertiary/aromatic N) is 1. The Morgan fingerprint density at radius 3 is 2.73 bits per heavy atom. The van der Waals surface area contributed by atoms with E-state index < -0.39 is 0 Å². The number of hydrogen-bond donors (Lipinski definition) is 1. The number of benzene rings is 1. The number of rotatable bonds is 2. The third-order valence-corrected chi connectivity index (χ3v) is 2.45. The molecule has 0 aliphatic heterocycles. The SMILES string of the molecule is Cc1ccc(C)c(Cc2cc(N)on2)c1. The maximum absolute atomic E-state index is 5.47. The molecule has 0 amide bonds. The van der Waals surface area contributed by atoms with Gasteiger partial charge in [-0.1, -0.05) is 28.9 Å². The van der Waals surface area contributed by atoms with Gasteiger partial charge >= 0.3 is 0 Å². The second kappa shape index (κ2) is 3.77. The lowest BCUT2D eigenvalue weighted by molar-refractivity contribution is 0.429. The third-order valence-electron chi connectivity index (χ3n) is 2.45. The van der Waals surface area contributed by atoms with Crippen LogP contribution in [0.2, 0.25) is 0 Å². The molecule has 15 heavy (non-hydrogen) atoms. The fourth-order valence-corrected chi connectivity index (χ4v) is 1.60. The van der Waals surface area contributed by atoms with Crippen LogP contribution in [0.15, 0.2) is 28.8 Å². The topological polar surface area (TPSA) is 52.0 Å². The van der Waals surface area contributed by atoms with Crippen LogP contribution in [0.5, 0.6) is 0 Å². The molecule has 1 heterocycles. The number of anilines is 1. The van der Waals surface area contributed by atoms with E-state index in [0.717, 1.165) is 12.1 Å². The Kier molecular flexibility index (Phi) is 2.46. The summed E-state index contributed by atoms with van der Waals surface area (Å²) in [5.74, 6) is 0.371. The van der Waals surface area contributed by atoms with E-state index in [0.29, 0.717) is 5.88 Å². The predicted molar refractivity (Wildman–Crippen MR) is 59.6 cm³/mol.